The molecule has 0 aliphatic rings. The molecule has 0 bridgehead atoms. The van der Waals surface area contributed by atoms with Gasteiger partial charge in [0, 0.05) is 42.2 Å². The second-order valence-corrected chi connectivity index (χ2v) is 5.16. The lowest BCUT2D eigenvalue weighted by molar-refractivity contribution is 0.980. The van der Waals surface area contributed by atoms with E-state index in [1.165, 1.54) is 0 Å². The van der Waals surface area contributed by atoms with E-state index in [2.05, 4.69) is 56.8 Å². The van der Waals surface area contributed by atoms with E-state index in [0.717, 1.165) is 40.9 Å². The highest BCUT2D eigenvalue weighted by molar-refractivity contribution is 5.79. The van der Waals surface area contributed by atoms with Gasteiger partial charge in [-0.3, -0.25) is 0 Å². The number of anilines is 3. The Kier molecular flexibility index (Phi) is 4.09. The van der Waals surface area contributed by atoms with Crippen LogP contribution >= 0.6 is 0 Å². The van der Waals surface area contributed by atoms with Crippen LogP contribution in [0.25, 0.3) is 11.0 Å². The summed E-state index contributed by atoms with van der Waals surface area (Å²) in [6.07, 6.45) is 4.80. The third kappa shape index (κ3) is 3.11. The predicted molar refractivity (Wildman–Crippen MR) is 90.9 cm³/mol. The maximum atomic E-state index is 5.58. The van der Waals surface area contributed by atoms with Crippen LogP contribution in [-0.4, -0.2) is 21.5 Å². The molecule has 2 heterocycles. The molecule has 0 aliphatic carbocycles. The van der Waals surface area contributed by atoms with Gasteiger partial charge >= 0.3 is 0 Å². The lowest BCUT2D eigenvalue weighted by Gasteiger charge is -2.08. The molecule has 2 aromatic heterocycles. The van der Waals surface area contributed by atoms with Crippen molar-refractivity contribution in [2.24, 2.45) is 0 Å². The van der Waals surface area contributed by atoms with Crippen molar-refractivity contribution in [3.63, 3.8) is 0 Å². The Labute approximate surface area is 129 Å². The summed E-state index contributed by atoms with van der Waals surface area (Å²) in [5.74, 6) is 0.282. The van der Waals surface area contributed by atoms with Gasteiger partial charge in [-0.25, -0.2) is 4.98 Å². The Balaban J connectivity index is 1.66. The molecule has 0 spiro atoms. The molecule has 0 amide bonds. The molecule has 0 saturated carbocycles. The van der Waals surface area contributed by atoms with Crippen molar-refractivity contribution < 1.29 is 0 Å². The standard InChI is InChI=1S/C16H20N6/c1-2-7-18-12-3-5-13(6-4-12)19-8-11-9-20-15-14(11)10-21-16(17)22-15/h3-6,9-10,18-19H,2,7-8H2,1H3,(H3,17,20,21,22). The molecule has 0 saturated heterocycles. The molecule has 5 N–H and O–H groups in total. The van der Waals surface area contributed by atoms with E-state index >= 15 is 0 Å². The number of fused-ring (bicyclic) bond motifs is 1. The summed E-state index contributed by atoms with van der Waals surface area (Å²) in [6, 6.07) is 8.30. The molecule has 0 atom stereocenters. The number of H-pyrrole nitrogens is 1. The quantitative estimate of drug-likeness (QED) is 0.561. The first-order chi connectivity index (χ1) is 10.8. The van der Waals surface area contributed by atoms with Crippen molar-refractivity contribution in [3.8, 4) is 0 Å². The van der Waals surface area contributed by atoms with Crippen molar-refractivity contribution in [3.05, 3.63) is 42.2 Å². The number of aromatic nitrogens is 3. The third-order valence-corrected chi connectivity index (χ3v) is 3.48. The zero-order chi connectivity index (χ0) is 15.4. The zero-order valence-electron chi connectivity index (χ0n) is 12.6. The molecular weight excluding hydrogens is 276 g/mol. The molecule has 0 radical (unpaired) electrons. The van der Waals surface area contributed by atoms with Crippen LogP contribution in [0.1, 0.15) is 18.9 Å². The molecule has 6 nitrogen and oxygen atoms in total. The second-order valence-electron chi connectivity index (χ2n) is 5.16. The fourth-order valence-electron chi connectivity index (χ4n) is 2.29. The molecule has 3 rings (SSSR count). The Morgan fingerprint density at radius 2 is 1.86 bits per heavy atom. The van der Waals surface area contributed by atoms with Crippen molar-refractivity contribution >= 4 is 28.4 Å². The monoisotopic (exact) mass is 296 g/mol. The minimum absolute atomic E-state index is 0.282. The fraction of sp³-hybridized carbons (Fsp3) is 0.250. The summed E-state index contributed by atoms with van der Waals surface area (Å²) in [5, 5.41) is 7.75. The second kappa shape index (κ2) is 6.34. The molecule has 0 unspecified atom stereocenters. The number of nitrogen functional groups attached to an aromatic ring is 1. The van der Waals surface area contributed by atoms with E-state index in [1.807, 2.05) is 6.20 Å². The number of nitrogens with one attached hydrogen (secondary N) is 3. The van der Waals surface area contributed by atoms with Gasteiger partial charge < -0.3 is 21.4 Å². The van der Waals surface area contributed by atoms with E-state index in [4.69, 9.17) is 5.73 Å². The number of hydrogen-bond donors (Lipinski definition) is 4. The minimum Gasteiger partial charge on any atom is -0.385 e. The highest BCUT2D eigenvalue weighted by atomic mass is 15.0. The Bertz CT molecular complexity index is 747. The Hall–Kier alpha value is -2.76. The van der Waals surface area contributed by atoms with Gasteiger partial charge in [-0.05, 0) is 36.2 Å². The Morgan fingerprint density at radius 3 is 2.59 bits per heavy atom. The molecule has 0 aliphatic heterocycles. The SMILES string of the molecule is CCCNc1ccc(NCc2c[nH]c3nc(N)ncc23)cc1. The molecule has 0 fully saturated rings. The average molecular weight is 296 g/mol. The largest absolute Gasteiger partial charge is 0.385 e. The number of benzene rings is 1. The summed E-state index contributed by atoms with van der Waals surface area (Å²) < 4.78 is 0. The van der Waals surface area contributed by atoms with E-state index in [0.29, 0.717) is 6.54 Å². The van der Waals surface area contributed by atoms with Crippen LogP contribution in [0.15, 0.2) is 36.7 Å². The third-order valence-electron chi connectivity index (χ3n) is 3.48. The van der Waals surface area contributed by atoms with Crippen molar-refractivity contribution in [1.29, 1.82) is 0 Å². The zero-order valence-corrected chi connectivity index (χ0v) is 12.6. The average Bonchev–Trinajstić information content (AvgIpc) is 2.94. The fourth-order valence-corrected chi connectivity index (χ4v) is 2.29. The van der Waals surface area contributed by atoms with Crippen LogP contribution < -0.4 is 16.4 Å². The highest BCUT2D eigenvalue weighted by Gasteiger charge is 2.05. The van der Waals surface area contributed by atoms with Crippen molar-refractivity contribution in [2.75, 3.05) is 22.9 Å². The summed E-state index contributed by atoms with van der Waals surface area (Å²) in [5.41, 5.74) is 9.68. The smallest absolute Gasteiger partial charge is 0.221 e. The highest BCUT2D eigenvalue weighted by Crippen LogP contribution is 2.19. The predicted octanol–water partition coefficient (Wildman–Crippen LogP) is 2.97. The van der Waals surface area contributed by atoms with Crippen LogP contribution in [-0.2, 0) is 6.54 Å². The van der Waals surface area contributed by atoms with E-state index < -0.39 is 0 Å². The van der Waals surface area contributed by atoms with Gasteiger partial charge in [0.2, 0.25) is 5.95 Å². The van der Waals surface area contributed by atoms with E-state index in [1.54, 1.807) is 6.20 Å². The molecule has 1 aromatic carbocycles. The summed E-state index contributed by atoms with van der Waals surface area (Å²) >= 11 is 0. The number of nitrogens with zero attached hydrogens (tertiary/aromatic N) is 2. The first-order valence-electron chi connectivity index (χ1n) is 7.42. The van der Waals surface area contributed by atoms with Crippen molar-refractivity contribution in [2.45, 2.75) is 19.9 Å². The maximum absolute atomic E-state index is 5.58. The Morgan fingerprint density at radius 1 is 1.14 bits per heavy atom. The lowest BCUT2D eigenvalue weighted by atomic mass is 10.2. The van der Waals surface area contributed by atoms with Crippen LogP contribution in [0, 0.1) is 0 Å². The summed E-state index contributed by atoms with van der Waals surface area (Å²) in [4.78, 5) is 11.3. The molecule has 114 valence electrons. The van der Waals surface area contributed by atoms with Crippen molar-refractivity contribution in [1.82, 2.24) is 15.0 Å². The summed E-state index contributed by atoms with van der Waals surface area (Å²) in [6.45, 7) is 3.85. The van der Waals surface area contributed by atoms with Crippen LogP contribution in [0.5, 0.6) is 0 Å². The normalized spacial score (nSPS) is 10.8. The van der Waals surface area contributed by atoms with Gasteiger partial charge in [-0.15, -0.1) is 0 Å². The minimum atomic E-state index is 0.282. The topological polar surface area (TPSA) is 91.6 Å². The van der Waals surface area contributed by atoms with Gasteiger partial charge in [0.15, 0.2) is 0 Å². The number of aromatic amines is 1. The van der Waals surface area contributed by atoms with Gasteiger partial charge in [0.25, 0.3) is 0 Å². The van der Waals surface area contributed by atoms with Gasteiger partial charge in [0.1, 0.15) is 5.65 Å². The van der Waals surface area contributed by atoms with E-state index in [-0.39, 0.29) is 5.95 Å². The van der Waals surface area contributed by atoms with Gasteiger partial charge in [-0.2, -0.15) is 4.98 Å². The lowest BCUT2D eigenvalue weighted by Crippen LogP contribution is -2.01. The van der Waals surface area contributed by atoms with Crippen LogP contribution in [0.2, 0.25) is 0 Å². The van der Waals surface area contributed by atoms with Crippen LogP contribution in [0.4, 0.5) is 17.3 Å². The summed E-state index contributed by atoms with van der Waals surface area (Å²) in [7, 11) is 0. The first-order valence-corrected chi connectivity index (χ1v) is 7.42. The molecule has 6 heteroatoms. The molecule has 22 heavy (non-hydrogen) atoms. The molecule has 3 aromatic rings. The number of nitrogens with two attached hydrogens (primary N) is 1. The van der Waals surface area contributed by atoms with Gasteiger partial charge in [-0.1, -0.05) is 6.92 Å². The van der Waals surface area contributed by atoms with Crippen LogP contribution in [0.3, 0.4) is 0 Å². The molecular formula is C16H20N6. The first kappa shape index (κ1) is 14.2. The maximum Gasteiger partial charge on any atom is 0.221 e. The van der Waals surface area contributed by atoms with Gasteiger partial charge in [0.05, 0.1) is 0 Å². The number of hydrogen-bond acceptors (Lipinski definition) is 5. The van der Waals surface area contributed by atoms with E-state index in [9.17, 15) is 0 Å². The number of rotatable bonds is 6.